The first kappa shape index (κ1) is 17.7. The highest BCUT2D eigenvalue weighted by molar-refractivity contribution is 5.80. The van der Waals surface area contributed by atoms with Crippen molar-refractivity contribution < 1.29 is 14.3 Å². The molecule has 2 aromatic rings. The molecule has 0 aliphatic heterocycles. The van der Waals surface area contributed by atoms with Crippen LogP contribution in [0, 0.1) is 0 Å². The number of rotatable bonds is 9. The standard InChI is InChI=1S/C19H24N2O3/c1-15(2)21-19(22)14-20-16-8-10-18(11-9-16)24-13-12-23-17-6-4-3-5-7-17/h3-11,15,20H,12-14H2,1-2H3,(H,21,22). The summed E-state index contributed by atoms with van der Waals surface area (Å²) in [4.78, 5) is 11.6. The maximum atomic E-state index is 11.6. The molecule has 128 valence electrons. The van der Waals surface area contributed by atoms with Gasteiger partial charge in [-0.05, 0) is 50.2 Å². The van der Waals surface area contributed by atoms with Crippen LogP contribution in [0.4, 0.5) is 5.69 Å². The fourth-order valence-electron chi connectivity index (χ4n) is 2.06. The molecule has 0 fully saturated rings. The average Bonchev–Trinajstić information content (AvgIpc) is 2.58. The predicted octanol–water partition coefficient (Wildman–Crippen LogP) is 3.08. The van der Waals surface area contributed by atoms with E-state index in [0.717, 1.165) is 17.2 Å². The lowest BCUT2D eigenvalue weighted by Crippen LogP contribution is -2.34. The molecule has 5 heteroatoms. The summed E-state index contributed by atoms with van der Waals surface area (Å²) in [6.45, 7) is 5.08. The lowest BCUT2D eigenvalue weighted by Gasteiger charge is -2.11. The Kier molecular flexibility index (Phi) is 6.95. The third-order valence-corrected chi connectivity index (χ3v) is 3.12. The zero-order valence-electron chi connectivity index (χ0n) is 14.1. The molecule has 2 rings (SSSR count). The van der Waals surface area contributed by atoms with Crippen LogP contribution >= 0.6 is 0 Å². The van der Waals surface area contributed by atoms with Gasteiger partial charge < -0.3 is 20.1 Å². The summed E-state index contributed by atoms with van der Waals surface area (Å²) in [6.07, 6.45) is 0. The molecule has 0 bridgehead atoms. The smallest absolute Gasteiger partial charge is 0.239 e. The second-order valence-electron chi connectivity index (χ2n) is 5.61. The zero-order chi connectivity index (χ0) is 17.2. The summed E-state index contributed by atoms with van der Waals surface area (Å²) >= 11 is 0. The number of anilines is 1. The normalized spacial score (nSPS) is 10.3. The minimum Gasteiger partial charge on any atom is -0.490 e. The van der Waals surface area contributed by atoms with Crippen molar-refractivity contribution in [2.24, 2.45) is 0 Å². The summed E-state index contributed by atoms with van der Waals surface area (Å²) < 4.78 is 11.2. The molecular weight excluding hydrogens is 304 g/mol. The first-order valence-electron chi connectivity index (χ1n) is 8.07. The second-order valence-corrected chi connectivity index (χ2v) is 5.61. The van der Waals surface area contributed by atoms with E-state index in [4.69, 9.17) is 9.47 Å². The van der Waals surface area contributed by atoms with E-state index in [2.05, 4.69) is 10.6 Å². The predicted molar refractivity (Wildman–Crippen MR) is 95.6 cm³/mol. The SMILES string of the molecule is CC(C)NC(=O)CNc1ccc(OCCOc2ccccc2)cc1. The van der Waals surface area contributed by atoms with Crippen molar-refractivity contribution in [3.63, 3.8) is 0 Å². The number of benzene rings is 2. The maximum Gasteiger partial charge on any atom is 0.239 e. The van der Waals surface area contributed by atoms with Crippen molar-refractivity contribution in [1.29, 1.82) is 0 Å². The number of nitrogens with one attached hydrogen (secondary N) is 2. The van der Waals surface area contributed by atoms with E-state index in [1.54, 1.807) is 0 Å². The van der Waals surface area contributed by atoms with Crippen LogP contribution in [0.15, 0.2) is 54.6 Å². The van der Waals surface area contributed by atoms with Gasteiger partial charge in [-0.25, -0.2) is 0 Å². The lowest BCUT2D eigenvalue weighted by atomic mass is 10.3. The Morgan fingerprint density at radius 1 is 0.917 bits per heavy atom. The van der Waals surface area contributed by atoms with E-state index in [0.29, 0.717) is 13.2 Å². The van der Waals surface area contributed by atoms with Gasteiger partial charge in [0.2, 0.25) is 5.91 Å². The number of hydrogen-bond donors (Lipinski definition) is 2. The first-order chi connectivity index (χ1) is 11.6. The fraction of sp³-hybridized carbons (Fsp3) is 0.316. The summed E-state index contributed by atoms with van der Waals surface area (Å²) in [5.41, 5.74) is 0.877. The Morgan fingerprint density at radius 3 is 2.08 bits per heavy atom. The third-order valence-electron chi connectivity index (χ3n) is 3.12. The van der Waals surface area contributed by atoms with Crippen LogP contribution in [0.3, 0.4) is 0 Å². The maximum absolute atomic E-state index is 11.6. The highest BCUT2D eigenvalue weighted by Crippen LogP contribution is 2.15. The van der Waals surface area contributed by atoms with Crippen molar-refractivity contribution in [3.05, 3.63) is 54.6 Å². The Bertz CT molecular complexity index is 612. The number of para-hydroxylation sites is 1. The van der Waals surface area contributed by atoms with Gasteiger partial charge in [0.1, 0.15) is 24.7 Å². The largest absolute Gasteiger partial charge is 0.490 e. The molecule has 0 unspecified atom stereocenters. The van der Waals surface area contributed by atoms with Gasteiger partial charge in [0.05, 0.1) is 6.54 Å². The van der Waals surface area contributed by atoms with Crippen LogP contribution < -0.4 is 20.1 Å². The number of hydrogen-bond acceptors (Lipinski definition) is 4. The number of ether oxygens (including phenoxy) is 2. The molecule has 24 heavy (non-hydrogen) atoms. The summed E-state index contributed by atoms with van der Waals surface area (Å²) in [7, 11) is 0. The van der Waals surface area contributed by atoms with E-state index < -0.39 is 0 Å². The quantitative estimate of drug-likeness (QED) is 0.695. The van der Waals surface area contributed by atoms with Crippen LogP contribution in [0.1, 0.15) is 13.8 Å². The van der Waals surface area contributed by atoms with Crippen molar-refractivity contribution >= 4 is 11.6 Å². The molecule has 0 radical (unpaired) electrons. The third kappa shape index (κ3) is 6.60. The number of carbonyl (C=O) groups excluding carboxylic acids is 1. The molecule has 0 aliphatic carbocycles. The molecule has 0 heterocycles. The van der Waals surface area contributed by atoms with Gasteiger partial charge in [0.15, 0.2) is 0 Å². The summed E-state index contributed by atoms with van der Waals surface area (Å²) in [6, 6.07) is 17.3. The van der Waals surface area contributed by atoms with Crippen molar-refractivity contribution in [1.82, 2.24) is 5.32 Å². The van der Waals surface area contributed by atoms with E-state index in [1.165, 1.54) is 0 Å². The Hall–Kier alpha value is -2.69. The molecule has 5 nitrogen and oxygen atoms in total. The van der Waals surface area contributed by atoms with E-state index in [-0.39, 0.29) is 18.5 Å². The van der Waals surface area contributed by atoms with Gasteiger partial charge in [-0.1, -0.05) is 18.2 Å². The molecule has 0 saturated carbocycles. The molecule has 0 atom stereocenters. The average molecular weight is 328 g/mol. The van der Waals surface area contributed by atoms with Gasteiger partial charge in [0.25, 0.3) is 0 Å². The summed E-state index contributed by atoms with van der Waals surface area (Å²) in [5, 5.41) is 5.91. The van der Waals surface area contributed by atoms with Gasteiger partial charge in [0, 0.05) is 11.7 Å². The lowest BCUT2D eigenvalue weighted by molar-refractivity contribution is -0.119. The Morgan fingerprint density at radius 2 is 1.50 bits per heavy atom. The fourth-order valence-corrected chi connectivity index (χ4v) is 2.06. The van der Waals surface area contributed by atoms with E-state index >= 15 is 0 Å². The monoisotopic (exact) mass is 328 g/mol. The minimum atomic E-state index is -0.0246. The van der Waals surface area contributed by atoms with Crippen molar-refractivity contribution in [3.8, 4) is 11.5 Å². The van der Waals surface area contributed by atoms with Crippen molar-refractivity contribution in [2.45, 2.75) is 19.9 Å². The molecule has 0 spiro atoms. The molecule has 0 aliphatic rings. The highest BCUT2D eigenvalue weighted by Gasteiger charge is 2.03. The minimum absolute atomic E-state index is 0.0246. The van der Waals surface area contributed by atoms with Gasteiger partial charge >= 0.3 is 0 Å². The van der Waals surface area contributed by atoms with Gasteiger partial charge in [-0.15, -0.1) is 0 Å². The molecule has 2 aromatic carbocycles. The Balaban J connectivity index is 1.67. The van der Waals surface area contributed by atoms with Gasteiger partial charge in [-0.2, -0.15) is 0 Å². The number of carbonyl (C=O) groups is 1. The topological polar surface area (TPSA) is 59.6 Å². The molecular formula is C19H24N2O3. The second kappa shape index (κ2) is 9.45. The zero-order valence-corrected chi connectivity index (χ0v) is 14.1. The molecule has 1 amide bonds. The van der Waals surface area contributed by atoms with Crippen LogP contribution in [-0.4, -0.2) is 31.7 Å². The Labute approximate surface area is 143 Å². The molecule has 0 aromatic heterocycles. The van der Waals surface area contributed by atoms with E-state index in [1.807, 2.05) is 68.4 Å². The summed E-state index contributed by atoms with van der Waals surface area (Å²) in [5.74, 6) is 1.58. The van der Waals surface area contributed by atoms with Crippen LogP contribution in [0.5, 0.6) is 11.5 Å². The number of amides is 1. The van der Waals surface area contributed by atoms with Crippen LogP contribution in [-0.2, 0) is 4.79 Å². The van der Waals surface area contributed by atoms with E-state index in [9.17, 15) is 4.79 Å². The van der Waals surface area contributed by atoms with Crippen molar-refractivity contribution in [2.75, 3.05) is 25.1 Å². The van der Waals surface area contributed by atoms with Crippen LogP contribution in [0.2, 0.25) is 0 Å². The molecule has 2 N–H and O–H groups in total. The van der Waals surface area contributed by atoms with Gasteiger partial charge in [-0.3, -0.25) is 4.79 Å². The highest BCUT2D eigenvalue weighted by atomic mass is 16.5. The van der Waals surface area contributed by atoms with Crippen LogP contribution in [0.25, 0.3) is 0 Å². The molecule has 0 saturated heterocycles. The first-order valence-corrected chi connectivity index (χ1v) is 8.07.